The topological polar surface area (TPSA) is 65.4 Å². The van der Waals surface area contributed by atoms with Crippen molar-refractivity contribution in [2.45, 2.75) is 25.7 Å². The molecule has 162 valence electrons. The smallest absolute Gasteiger partial charge is 0.323 e. The van der Waals surface area contributed by atoms with E-state index in [0.29, 0.717) is 36.0 Å². The van der Waals surface area contributed by atoms with Crippen molar-refractivity contribution in [1.29, 1.82) is 0 Å². The van der Waals surface area contributed by atoms with E-state index in [4.69, 9.17) is 26.5 Å². The molecule has 0 spiro atoms. The number of para-hydroxylation sites is 1. The van der Waals surface area contributed by atoms with Crippen LogP contribution in [0.15, 0.2) is 77.4 Å². The van der Waals surface area contributed by atoms with Crippen molar-refractivity contribution in [3.05, 3.63) is 88.9 Å². The summed E-state index contributed by atoms with van der Waals surface area (Å²) < 4.78 is 14.9. The summed E-state index contributed by atoms with van der Waals surface area (Å²) >= 11 is 5.83. The Hall–Kier alpha value is -3.49. The van der Waals surface area contributed by atoms with Gasteiger partial charge in [-0.05, 0) is 54.0 Å². The molecule has 7 nitrogen and oxygen atoms in total. The number of carbonyl (C=O) groups is 1. The largest absolute Gasteiger partial charge is 0.468 e. The average Bonchev–Trinajstić information content (AvgIpc) is 3.47. The third kappa shape index (κ3) is 3.68. The van der Waals surface area contributed by atoms with Crippen molar-refractivity contribution < 1.29 is 13.9 Å². The number of benzene rings is 2. The van der Waals surface area contributed by atoms with E-state index < -0.39 is 6.04 Å². The fourth-order valence-corrected chi connectivity index (χ4v) is 4.43. The van der Waals surface area contributed by atoms with Gasteiger partial charge in [-0.1, -0.05) is 42.5 Å². The zero-order valence-corrected chi connectivity index (χ0v) is 18.4. The van der Waals surface area contributed by atoms with Crippen LogP contribution in [0.25, 0.3) is 17.3 Å². The van der Waals surface area contributed by atoms with E-state index in [2.05, 4.69) is 17.0 Å². The lowest BCUT2D eigenvalue weighted by atomic mass is 9.94. The predicted molar refractivity (Wildman–Crippen MR) is 122 cm³/mol. The van der Waals surface area contributed by atoms with E-state index in [-0.39, 0.29) is 5.97 Å². The van der Waals surface area contributed by atoms with Crippen LogP contribution in [-0.4, -0.2) is 38.4 Å². The quantitative estimate of drug-likeness (QED) is 0.338. The Morgan fingerprint density at radius 2 is 1.84 bits per heavy atom. The highest BCUT2D eigenvalue weighted by Gasteiger charge is 2.33. The minimum absolute atomic E-state index is 0.264. The number of aromatic nitrogens is 3. The molecule has 2 aromatic heterocycles. The van der Waals surface area contributed by atoms with Crippen LogP contribution in [0.2, 0.25) is 0 Å². The molecular weight excluding hydrogens is 424 g/mol. The molecule has 32 heavy (non-hydrogen) atoms. The summed E-state index contributed by atoms with van der Waals surface area (Å²) in [7, 11) is 1.42. The highest BCUT2D eigenvalue weighted by Crippen LogP contribution is 2.27. The summed E-state index contributed by atoms with van der Waals surface area (Å²) in [5, 5.41) is 4.79. The molecule has 5 rings (SSSR count). The Morgan fingerprint density at radius 1 is 1.09 bits per heavy atom. The van der Waals surface area contributed by atoms with Gasteiger partial charge in [0.25, 0.3) is 0 Å². The maximum Gasteiger partial charge on any atom is 0.323 e. The van der Waals surface area contributed by atoms with Crippen molar-refractivity contribution in [1.82, 2.24) is 19.2 Å². The molecule has 4 aromatic rings. The maximum absolute atomic E-state index is 12.6. The second-order valence-corrected chi connectivity index (χ2v) is 8.02. The number of methoxy groups -OCH3 is 1. The van der Waals surface area contributed by atoms with Gasteiger partial charge in [0, 0.05) is 6.54 Å². The second kappa shape index (κ2) is 8.57. The number of furan rings is 1. The number of ether oxygens (including phenoxy) is 1. The molecule has 0 aliphatic carbocycles. The molecule has 0 fully saturated rings. The van der Waals surface area contributed by atoms with Gasteiger partial charge in [-0.2, -0.15) is 0 Å². The lowest BCUT2D eigenvalue weighted by Crippen LogP contribution is -2.46. The monoisotopic (exact) mass is 446 g/mol. The normalized spacial score (nSPS) is 16.0. The van der Waals surface area contributed by atoms with Gasteiger partial charge in [0.05, 0.1) is 25.7 Å². The van der Waals surface area contributed by atoms with Gasteiger partial charge < -0.3 is 9.15 Å². The Kier molecular flexibility index (Phi) is 5.46. The van der Waals surface area contributed by atoms with Crippen molar-refractivity contribution in [3.63, 3.8) is 0 Å². The maximum atomic E-state index is 12.6. The lowest BCUT2D eigenvalue weighted by Gasteiger charge is -2.34. The molecule has 0 amide bonds. The number of esters is 1. The summed E-state index contributed by atoms with van der Waals surface area (Å²) in [4.78, 5) is 14.7. The zero-order valence-electron chi connectivity index (χ0n) is 17.5. The van der Waals surface area contributed by atoms with E-state index in [1.54, 1.807) is 10.9 Å². The van der Waals surface area contributed by atoms with Crippen molar-refractivity contribution in [3.8, 4) is 17.3 Å². The number of nitrogens with zero attached hydrogens (tertiary/aromatic N) is 4. The van der Waals surface area contributed by atoms with Gasteiger partial charge in [-0.15, -0.1) is 5.10 Å². The highest BCUT2D eigenvalue weighted by molar-refractivity contribution is 7.71. The van der Waals surface area contributed by atoms with Crippen LogP contribution in [-0.2, 0) is 29.2 Å². The molecule has 0 saturated heterocycles. The first kappa shape index (κ1) is 20.4. The van der Waals surface area contributed by atoms with E-state index in [9.17, 15) is 4.79 Å². The Labute approximate surface area is 190 Å². The van der Waals surface area contributed by atoms with Crippen LogP contribution in [0, 0.1) is 4.77 Å². The summed E-state index contributed by atoms with van der Waals surface area (Å²) in [6.45, 7) is 0.951. The van der Waals surface area contributed by atoms with Gasteiger partial charge >= 0.3 is 5.97 Å². The standard InChI is InChI=1S/C24H22N4O3S/c1-30-23(29)20-14-17-8-5-6-9-18(17)15-26(20)16-27-24(32)28(19-10-3-2-4-11-19)22(25-27)21-12-7-13-31-21/h2-13,20H,14-16H2,1H3. The van der Waals surface area contributed by atoms with Gasteiger partial charge in [-0.3, -0.25) is 14.3 Å². The van der Waals surface area contributed by atoms with Crippen molar-refractivity contribution in [2.75, 3.05) is 7.11 Å². The van der Waals surface area contributed by atoms with Gasteiger partial charge in [0.15, 0.2) is 5.76 Å². The molecule has 0 bridgehead atoms. The van der Waals surface area contributed by atoms with E-state index in [1.165, 1.54) is 12.7 Å². The predicted octanol–water partition coefficient (Wildman–Crippen LogP) is 4.22. The third-order valence-corrected chi connectivity index (χ3v) is 6.12. The lowest BCUT2D eigenvalue weighted by molar-refractivity contribution is -0.148. The van der Waals surface area contributed by atoms with E-state index in [0.717, 1.165) is 11.3 Å². The molecule has 8 heteroatoms. The molecule has 3 heterocycles. The molecule has 1 atom stereocenters. The van der Waals surface area contributed by atoms with Crippen molar-refractivity contribution >= 4 is 18.2 Å². The molecular formula is C24H22N4O3S. The zero-order chi connectivity index (χ0) is 22.1. The Bertz CT molecular complexity index is 1290. The molecule has 1 aliphatic rings. The van der Waals surface area contributed by atoms with Crippen LogP contribution in [0.4, 0.5) is 0 Å². The molecule has 2 aromatic carbocycles. The van der Waals surface area contributed by atoms with Crippen LogP contribution < -0.4 is 0 Å². The highest BCUT2D eigenvalue weighted by atomic mass is 32.1. The van der Waals surface area contributed by atoms with Crippen LogP contribution in [0.5, 0.6) is 0 Å². The number of hydrogen-bond donors (Lipinski definition) is 0. The van der Waals surface area contributed by atoms with Gasteiger partial charge in [0.1, 0.15) is 6.04 Å². The SMILES string of the molecule is COC(=O)C1Cc2ccccc2CN1Cn1nc(-c2ccco2)n(-c2ccccc2)c1=S. The molecule has 0 radical (unpaired) electrons. The Balaban J connectivity index is 1.56. The van der Waals surface area contributed by atoms with Gasteiger partial charge in [0.2, 0.25) is 10.6 Å². The van der Waals surface area contributed by atoms with E-state index in [1.807, 2.05) is 59.2 Å². The van der Waals surface area contributed by atoms with Crippen molar-refractivity contribution in [2.24, 2.45) is 0 Å². The molecule has 1 unspecified atom stereocenters. The van der Waals surface area contributed by atoms with Gasteiger partial charge in [-0.25, -0.2) is 4.68 Å². The first-order valence-electron chi connectivity index (χ1n) is 10.3. The minimum atomic E-state index is -0.411. The fourth-order valence-electron chi connectivity index (χ4n) is 4.14. The minimum Gasteiger partial charge on any atom is -0.468 e. The molecule has 0 saturated carbocycles. The molecule has 1 aliphatic heterocycles. The third-order valence-electron chi connectivity index (χ3n) is 5.73. The summed E-state index contributed by atoms with van der Waals surface area (Å²) in [5.41, 5.74) is 3.24. The van der Waals surface area contributed by atoms with E-state index >= 15 is 0 Å². The fraction of sp³-hybridized carbons (Fsp3) is 0.208. The van der Waals surface area contributed by atoms with Crippen LogP contribution in [0.3, 0.4) is 0 Å². The number of fused-ring (bicyclic) bond motifs is 1. The van der Waals surface area contributed by atoms with Crippen LogP contribution in [0.1, 0.15) is 11.1 Å². The molecule has 0 N–H and O–H groups in total. The summed E-state index contributed by atoms with van der Waals surface area (Å²) in [5.74, 6) is 0.963. The first-order valence-corrected chi connectivity index (χ1v) is 10.7. The first-order chi connectivity index (χ1) is 15.7. The Morgan fingerprint density at radius 3 is 2.56 bits per heavy atom. The second-order valence-electron chi connectivity index (χ2n) is 7.65. The number of rotatable bonds is 5. The number of carbonyl (C=O) groups excluding carboxylic acids is 1. The van der Waals surface area contributed by atoms with Crippen LogP contribution >= 0.6 is 12.2 Å². The summed E-state index contributed by atoms with van der Waals surface area (Å²) in [6, 6.07) is 21.2. The number of hydrogen-bond acceptors (Lipinski definition) is 6. The summed E-state index contributed by atoms with van der Waals surface area (Å²) in [6.07, 6.45) is 2.20. The average molecular weight is 447 g/mol.